The fourth-order valence-electron chi connectivity index (χ4n) is 30.3. The van der Waals surface area contributed by atoms with Crippen molar-refractivity contribution in [3.05, 3.63) is 80.5 Å². The molecule has 9 saturated carbocycles. The van der Waals surface area contributed by atoms with Crippen LogP contribution in [0.3, 0.4) is 0 Å². The Morgan fingerprint density at radius 2 is 0.961 bits per heavy atom. The summed E-state index contributed by atoms with van der Waals surface area (Å²) in [5.41, 5.74) is 5.00. The van der Waals surface area contributed by atoms with Crippen LogP contribution in [0.15, 0.2) is 47.1 Å². The molecule has 17 rings (SSSR count). The summed E-state index contributed by atoms with van der Waals surface area (Å²) in [6.45, 7) is 43.1. The lowest BCUT2D eigenvalue weighted by Crippen LogP contribution is -2.70. The van der Waals surface area contributed by atoms with Crippen molar-refractivity contribution in [3.8, 4) is 23.0 Å². The van der Waals surface area contributed by atoms with Crippen molar-refractivity contribution in [2.24, 2.45) is 100.0 Å². The van der Waals surface area contributed by atoms with Gasteiger partial charge in [0.15, 0.2) is 29.1 Å². The van der Waals surface area contributed by atoms with E-state index in [1.54, 1.807) is 20.3 Å². The highest BCUT2D eigenvalue weighted by atomic mass is 16.7. The number of ether oxygens (including phenoxy) is 7. The van der Waals surface area contributed by atoms with Crippen molar-refractivity contribution in [1.29, 1.82) is 0 Å². The van der Waals surface area contributed by atoms with Gasteiger partial charge in [0.2, 0.25) is 11.4 Å². The number of carbonyl (C=O) groups is 4. The molecule has 102 heavy (non-hydrogen) atoms. The Balaban J connectivity index is 0.789. The molecule has 24 atom stereocenters. The standard InChI is InChI=1S/C90H122O12/c1-50-52-22-24-59-80(9,35-41-85(14)61-47-77(6,71(92)96-19)29-26-74(61,3)32-38-83(59,85)12)54(52)44-57-66(50)100-69-68(99-57)65-51(2)67-58(45-56(65)82(11)37-43-87(16)63-49-79(8,73(94)98-21)31-28-76(63,5)34-40-88(87,17)70(69)82)101-90(95)64(91)46-55-53(89(90,18)102-67)23-25-60-81(55,10)36-42-86(15)62-48-78(7,72(93)97-20)30-27-75(62,4)33-39-84(60,86)13/h23,25,44-46,59,61-63,68-70,95H,22,24,26-43,47-49H2,1-21H3/t59-,61+,62+,63+,68-,69-,70+,74+,75-,76+,77+,78+,79+,80-,81-,82-,83+,84+,85-,86-,87-,88+,89-,90+/m0/s1. The molecule has 2 aromatic rings. The molecule has 0 aromatic heterocycles. The van der Waals surface area contributed by atoms with Crippen LogP contribution in [0.2, 0.25) is 0 Å². The highest BCUT2D eigenvalue weighted by Gasteiger charge is 2.76. The Kier molecular flexibility index (Phi) is 14.2. The van der Waals surface area contributed by atoms with Crippen molar-refractivity contribution in [2.75, 3.05) is 21.3 Å². The van der Waals surface area contributed by atoms with Gasteiger partial charge in [-0.15, -0.1) is 0 Å². The highest BCUT2D eigenvalue weighted by molar-refractivity contribution is 6.02. The second kappa shape index (κ2) is 20.8. The molecule has 0 spiro atoms. The molecule has 2 heterocycles. The molecule has 1 N–H and O–H groups in total. The number of esters is 3. The third kappa shape index (κ3) is 8.03. The normalized spacial score (nSPS) is 50.7. The first kappa shape index (κ1) is 69.9. The molecule has 12 nitrogen and oxygen atoms in total. The molecule has 0 bridgehead atoms. The van der Waals surface area contributed by atoms with Gasteiger partial charge in [-0.05, 0) is 313 Å². The summed E-state index contributed by atoms with van der Waals surface area (Å²) in [4.78, 5) is 57.0. The molecule has 2 aliphatic heterocycles. The molecule has 0 unspecified atom stereocenters. The number of aliphatic hydroxyl groups is 1. The average Bonchev–Trinajstić information content (AvgIpc) is 0.689. The smallest absolute Gasteiger partial charge is 0.317 e. The van der Waals surface area contributed by atoms with Crippen LogP contribution in [-0.4, -0.2) is 67.6 Å². The summed E-state index contributed by atoms with van der Waals surface area (Å²) in [5.74, 6) is 0.651. The maximum Gasteiger partial charge on any atom is 0.317 e. The van der Waals surface area contributed by atoms with Gasteiger partial charge in [0.1, 0.15) is 6.10 Å². The van der Waals surface area contributed by atoms with Gasteiger partial charge in [0.25, 0.3) is 0 Å². The van der Waals surface area contributed by atoms with E-state index in [2.05, 4.69) is 142 Å². The van der Waals surface area contributed by atoms with Crippen molar-refractivity contribution in [2.45, 2.75) is 307 Å². The number of carbonyl (C=O) groups excluding carboxylic acids is 4. The highest BCUT2D eigenvalue weighted by Crippen LogP contribution is 2.81. The maximum absolute atomic E-state index is 15.7. The quantitative estimate of drug-likeness (QED) is 0.230. The molecule has 554 valence electrons. The van der Waals surface area contributed by atoms with Crippen molar-refractivity contribution in [1.82, 2.24) is 0 Å². The second-order valence-electron chi connectivity index (χ2n) is 41.8. The van der Waals surface area contributed by atoms with Crippen LogP contribution in [0.5, 0.6) is 23.0 Å². The van der Waals surface area contributed by atoms with Gasteiger partial charge in [-0.1, -0.05) is 101 Å². The Hall–Kier alpha value is -5.10. The second-order valence-corrected chi connectivity index (χ2v) is 41.8. The van der Waals surface area contributed by atoms with E-state index in [4.69, 9.17) is 33.2 Å². The van der Waals surface area contributed by atoms with Crippen LogP contribution >= 0.6 is 0 Å². The van der Waals surface area contributed by atoms with Gasteiger partial charge in [-0.25, -0.2) is 0 Å². The fraction of sp³-hybridized carbons (Fsp3) is 0.756. The monoisotopic (exact) mass is 1390 g/mol. The van der Waals surface area contributed by atoms with Crippen LogP contribution in [0.4, 0.5) is 0 Å². The van der Waals surface area contributed by atoms with E-state index < -0.39 is 56.5 Å². The molecule has 9 fully saturated rings. The van der Waals surface area contributed by atoms with E-state index in [9.17, 15) is 19.5 Å². The van der Waals surface area contributed by atoms with E-state index in [-0.39, 0.29) is 89.8 Å². The third-order valence-electron chi connectivity index (χ3n) is 37.8. The Labute approximate surface area is 609 Å². The molecule has 0 amide bonds. The number of fused-ring (bicyclic) bond motifs is 28. The Morgan fingerprint density at radius 3 is 1.53 bits per heavy atom. The van der Waals surface area contributed by atoms with E-state index in [0.29, 0.717) is 23.3 Å². The van der Waals surface area contributed by atoms with Crippen molar-refractivity contribution >= 4 is 23.7 Å². The zero-order chi connectivity index (χ0) is 73.1. The van der Waals surface area contributed by atoms with Crippen LogP contribution < -0.4 is 18.9 Å². The zero-order valence-corrected chi connectivity index (χ0v) is 66.1. The van der Waals surface area contributed by atoms with Crippen LogP contribution in [0.25, 0.3) is 0 Å². The molecule has 15 aliphatic rings. The number of hydrogen-bond acceptors (Lipinski definition) is 12. The summed E-state index contributed by atoms with van der Waals surface area (Å²) < 4.78 is 48.0. The molecule has 13 aliphatic carbocycles. The lowest BCUT2D eigenvalue weighted by Gasteiger charge is -2.73. The minimum Gasteiger partial charge on any atom is -0.482 e. The van der Waals surface area contributed by atoms with E-state index >= 15 is 4.79 Å². The lowest BCUT2D eigenvalue weighted by atomic mass is 9.32. The van der Waals surface area contributed by atoms with Crippen LogP contribution in [0, 0.1) is 114 Å². The van der Waals surface area contributed by atoms with E-state index in [1.165, 1.54) is 42.2 Å². The first-order chi connectivity index (χ1) is 47.5. The fourth-order valence-corrected chi connectivity index (χ4v) is 30.3. The lowest BCUT2D eigenvalue weighted by molar-refractivity contribution is -0.239. The minimum absolute atomic E-state index is 0.0331. The van der Waals surface area contributed by atoms with Crippen LogP contribution in [0.1, 0.15) is 292 Å². The number of hydrogen-bond donors (Lipinski definition) is 1. The Morgan fingerprint density at radius 1 is 0.480 bits per heavy atom. The Bertz CT molecular complexity index is 4200. The summed E-state index contributed by atoms with van der Waals surface area (Å²) in [5, 5.41) is 13.6. The molecular weight excluding hydrogens is 1270 g/mol. The van der Waals surface area contributed by atoms with Gasteiger partial charge in [-0.3, -0.25) is 19.2 Å². The molecular formula is C90H122O12. The van der Waals surface area contributed by atoms with Gasteiger partial charge in [0, 0.05) is 33.4 Å². The SMILES string of the molecule is COC(=O)[C@]1(C)CC[C@@]2(C)CC[C@]3(C)C4=CC=C5C(=CC(=O)[C@@]6(O)Oc7cc8c(c(C)c7O[C@@]56C)[C@@H]5Oc6cc7c(c(C)c6O[C@@H]5[C@@H]5[C@@]8(C)CC[C@@]6(C)[C@@H]8C[C@](C)(C(=O)OC)CC[C@]8(C)CC[C@]56C)CC[C@H]5[C@@]7(C)CC[C@@]6(C)[C@@H]7C[C@](C)(C(=O)OC)CC[C@]7(C)CC[C@]56C)[C@]4(C)CC[C@@]3(C)[C@@H]2C1. The largest absolute Gasteiger partial charge is 0.482 e. The molecule has 0 saturated heterocycles. The summed E-state index contributed by atoms with van der Waals surface area (Å²) in [6, 6.07) is 4.60. The number of rotatable bonds is 3. The number of allylic oxidation sites excluding steroid dienone is 3. The third-order valence-corrected chi connectivity index (χ3v) is 37.8. The predicted octanol–water partition coefficient (Wildman–Crippen LogP) is 19.3. The number of ketones is 1. The van der Waals surface area contributed by atoms with E-state index in [0.717, 1.165) is 174 Å². The summed E-state index contributed by atoms with van der Waals surface area (Å²) >= 11 is 0. The van der Waals surface area contributed by atoms with E-state index in [1.807, 2.05) is 6.92 Å². The number of methoxy groups -OCH3 is 3. The first-order valence-electron chi connectivity index (χ1n) is 40.2. The van der Waals surface area contributed by atoms with Gasteiger partial charge in [0.05, 0.1) is 37.6 Å². The zero-order valence-electron chi connectivity index (χ0n) is 66.1. The summed E-state index contributed by atoms with van der Waals surface area (Å²) in [7, 11) is 4.65. The minimum atomic E-state index is -2.40. The van der Waals surface area contributed by atoms with Crippen LogP contribution in [-0.2, 0) is 50.6 Å². The van der Waals surface area contributed by atoms with Gasteiger partial charge in [-0.2, -0.15) is 0 Å². The average molecular weight is 1400 g/mol. The summed E-state index contributed by atoms with van der Waals surface area (Å²) in [6.07, 6.45) is 27.3. The first-order valence-corrected chi connectivity index (χ1v) is 40.2. The van der Waals surface area contributed by atoms with Crippen molar-refractivity contribution in [3.63, 3.8) is 0 Å². The molecule has 12 heteroatoms. The molecule has 0 radical (unpaired) electrons. The molecule has 2 aromatic carbocycles. The topological polar surface area (TPSA) is 153 Å². The predicted molar refractivity (Wildman–Crippen MR) is 393 cm³/mol. The maximum atomic E-state index is 15.7. The van der Waals surface area contributed by atoms with Crippen molar-refractivity contribution < 1.29 is 57.4 Å². The van der Waals surface area contributed by atoms with Gasteiger partial charge < -0.3 is 38.3 Å². The number of benzene rings is 2. The van der Waals surface area contributed by atoms with Gasteiger partial charge >= 0.3 is 23.7 Å².